The van der Waals surface area contributed by atoms with E-state index in [0.29, 0.717) is 24.2 Å². The molecule has 1 atom stereocenters. The molecule has 1 unspecified atom stereocenters. The summed E-state index contributed by atoms with van der Waals surface area (Å²) in [5.74, 6) is 0. The van der Waals surface area contributed by atoms with Gasteiger partial charge in [0.25, 0.3) is 0 Å². The molecule has 1 aromatic carbocycles. The summed E-state index contributed by atoms with van der Waals surface area (Å²) in [5.41, 5.74) is 6.74. The van der Waals surface area contributed by atoms with Crippen molar-refractivity contribution in [2.45, 2.75) is 24.3 Å². The minimum absolute atomic E-state index is 0.163. The fourth-order valence-electron chi connectivity index (χ4n) is 1.98. The maximum Gasteiger partial charge on any atom is 0.243 e. The smallest absolute Gasteiger partial charge is 0.243 e. The van der Waals surface area contributed by atoms with Crippen molar-refractivity contribution < 1.29 is 13.5 Å². The van der Waals surface area contributed by atoms with Crippen LogP contribution in [0.4, 0.5) is 5.69 Å². The lowest BCUT2D eigenvalue weighted by Gasteiger charge is -2.17. The van der Waals surface area contributed by atoms with Gasteiger partial charge in [0.1, 0.15) is 0 Å². The van der Waals surface area contributed by atoms with Gasteiger partial charge in [0, 0.05) is 18.8 Å². The highest BCUT2D eigenvalue weighted by atomic mass is 32.2. The van der Waals surface area contributed by atoms with Gasteiger partial charge in [0.2, 0.25) is 10.0 Å². The van der Waals surface area contributed by atoms with E-state index >= 15 is 0 Å². The molecule has 0 aromatic heterocycles. The van der Waals surface area contributed by atoms with E-state index in [1.54, 1.807) is 25.1 Å². The number of hydrogen-bond donors (Lipinski definition) is 2. The van der Waals surface area contributed by atoms with Gasteiger partial charge in [-0.25, -0.2) is 8.42 Å². The molecule has 0 amide bonds. The quantitative estimate of drug-likeness (QED) is 0.747. The van der Waals surface area contributed by atoms with E-state index in [9.17, 15) is 13.5 Å². The number of sulfonamides is 1. The molecule has 17 heavy (non-hydrogen) atoms. The van der Waals surface area contributed by atoms with E-state index in [0.717, 1.165) is 0 Å². The van der Waals surface area contributed by atoms with Crippen molar-refractivity contribution in [1.29, 1.82) is 0 Å². The second-order valence-electron chi connectivity index (χ2n) is 4.28. The van der Waals surface area contributed by atoms with Crippen molar-refractivity contribution in [1.82, 2.24) is 4.31 Å². The van der Waals surface area contributed by atoms with Crippen LogP contribution < -0.4 is 5.73 Å². The van der Waals surface area contributed by atoms with E-state index in [4.69, 9.17) is 5.73 Å². The number of nitrogen functional groups attached to an aromatic ring is 1. The van der Waals surface area contributed by atoms with Gasteiger partial charge in [-0.15, -0.1) is 0 Å². The molecule has 0 radical (unpaired) electrons. The van der Waals surface area contributed by atoms with Crippen molar-refractivity contribution in [3.05, 3.63) is 23.8 Å². The molecular weight excluding hydrogens is 240 g/mol. The van der Waals surface area contributed by atoms with Crippen molar-refractivity contribution in [2.24, 2.45) is 0 Å². The molecule has 0 spiro atoms. The van der Waals surface area contributed by atoms with Gasteiger partial charge in [0.05, 0.1) is 11.0 Å². The number of benzene rings is 1. The third-order valence-corrected chi connectivity index (χ3v) is 5.08. The largest absolute Gasteiger partial charge is 0.398 e. The molecule has 94 valence electrons. The first kappa shape index (κ1) is 12.3. The Hall–Kier alpha value is -1.11. The fourth-order valence-corrected chi connectivity index (χ4v) is 3.73. The van der Waals surface area contributed by atoms with Crippen molar-refractivity contribution >= 4 is 15.7 Å². The highest BCUT2D eigenvalue weighted by Gasteiger charge is 2.32. The van der Waals surface area contributed by atoms with E-state index < -0.39 is 16.1 Å². The van der Waals surface area contributed by atoms with Gasteiger partial charge in [-0.3, -0.25) is 0 Å². The highest BCUT2D eigenvalue weighted by Crippen LogP contribution is 2.26. The summed E-state index contributed by atoms with van der Waals surface area (Å²) in [6.45, 7) is 2.21. The molecule has 0 bridgehead atoms. The van der Waals surface area contributed by atoms with Crippen molar-refractivity contribution in [2.75, 3.05) is 18.8 Å². The summed E-state index contributed by atoms with van der Waals surface area (Å²) in [6.07, 6.45) is -0.0771. The van der Waals surface area contributed by atoms with Crippen LogP contribution in [0.3, 0.4) is 0 Å². The summed E-state index contributed by atoms with van der Waals surface area (Å²) in [5, 5.41) is 9.40. The molecule has 0 saturated carbocycles. The summed E-state index contributed by atoms with van der Waals surface area (Å²) < 4.78 is 25.9. The Bertz CT molecular complexity index is 528. The zero-order chi connectivity index (χ0) is 12.6. The molecular formula is C11H16N2O3S. The molecule has 1 heterocycles. The predicted octanol–water partition coefficient (Wildman–Crippen LogP) is 0.333. The Morgan fingerprint density at radius 1 is 1.47 bits per heavy atom. The summed E-state index contributed by atoms with van der Waals surface area (Å²) >= 11 is 0. The zero-order valence-electron chi connectivity index (χ0n) is 9.63. The normalized spacial score (nSPS) is 21.9. The molecule has 6 heteroatoms. The Kier molecular flexibility index (Phi) is 3.11. The zero-order valence-corrected chi connectivity index (χ0v) is 10.4. The van der Waals surface area contributed by atoms with Gasteiger partial charge in [-0.2, -0.15) is 4.31 Å². The average Bonchev–Trinajstić information content (AvgIpc) is 2.69. The van der Waals surface area contributed by atoms with Crippen molar-refractivity contribution in [3.63, 3.8) is 0 Å². The van der Waals surface area contributed by atoms with Crippen LogP contribution in [0.1, 0.15) is 12.0 Å². The number of hydrogen-bond acceptors (Lipinski definition) is 4. The summed E-state index contributed by atoms with van der Waals surface area (Å²) in [4.78, 5) is 0.228. The van der Waals surface area contributed by atoms with E-state index in [-0.39, 0.29) is 11.4 Å². The number of nitrogens with zero attached hydrogens (tertiary/aromatic N) is 1. The van der Waals surface area contributed by atoms with Crippen LogP contribution in [0.5, 0.6) is 0 Å². The number of β-amino-alcohol motifs (C(OH)–C–C–N with tert-alkyl or cyclic N) is 1. The van der Waals surface area contributed by atoms with Gasteiger partial charge >= 0.3 is 0 Å². The van der Waals surface area contributed by atoms with Gasteiger partial charge in [-0.05, 0) is 31.0 Å². The number of rotatable bonds is 2. The summed E-state index contributed by atoms with van der Waals surface area (Å²) in [6, 6.07) is 4.85. The predicted molar refractivity (Wildman–Crippen MR) is 65.0 cm³/mol. The first-order valence-electron chi connectivity index (χ1n) is 5.46. The molecule has 1 saturated heterocycles. The van der Waals surface area contributed by atoms with Crippen LogP contribution >= 0.6 is 0 Å². The first-order chi connectivity index (χ1) is 7.93. The van der Waals surface area contributed by atoms with Crippen LogP contribution in [0, 0.1) is 6.92 Å². The van der Waals surface area contributed by atoms with E-state index in [2.05, 4.69) is 0 Å². The fraction of sp³-hybridized carbons (Fsp3) is 0.455. The number of aliphatic hydroxyl groups is 1. The van der Waals surface area contributed by atoms with Crippen LogP contribution in [0.25, 0.3) is 0 Å². The Labute approximate surface area is 101 Å². The third kappa shape index (κ3) is 2.15. The lowest BCUT2D eigenvalue weighted by atomic mass is 10.2. The van der Waals surface area contributed by atoms with Crippen LogP contribution in [0.2, 0.25) is 0 Å². The molecule has 1 aliphatic rings. The molecule has 5 nitrogen and oxygen atoms in total. The average molecular weight is 256 g/mol. The maximum atomic E-state index is 12.3. The highest BCUT2D eigenvalue weighted by molar-refractivity contribution is 7.89. The Morgan fingerprint density at radius 3 is 2.76 bits per heavy atom. The molecule has 1 fully saturated rings. The minimum atomic E-state index is -3.53. The Balaban J connectivity index is 2.42. The number of aliphatic hydroxyl groups excluding tert-OH is 1. The van der Waals surface area contributed by atoms with Crippen LogP contribution in [-0.4, -0.2) is 37.0 Å². The van der Waals surface area contributed by atoms with Crippen LogP contribution in [-0.2, 0) is 10.0 Å². The second-order valence-corrected chi connectivity index (χ2v) is 6.18. The lowest BCUT2D eigenvalue weighted by Crippen LogP contribution is -2.30. The second kappa shape index (κ2) is 4.29. The standard InChI is InChI=1S/C11H16N2O3S/c1-8-10(12)3-2-4-11(8)17(15,16)13-6-5-9(14)7-13/h2-4,9,14H,5-7,12H2,1H3. The summed E-state index contributed by atoms with van der Waals surface area (Å²) in [7, 11) is -3.53. The van der Waals surface area contributed by atoms with Gasteiger partial charge in [-0.1, -0.05) is 6.07 Å². The van der Waals surface area contributed by atoms with Gasteiger partial charge in [0.15, 0.2) is 0 Å². The monoisotopic (exact) mass is 256 g/mol. The lowest BCUT2D eigenvalue weighted by molar-refractivity contribution is 0.189. The Morgan fingerprint density at radius 2 is 2.18 bits per heavy atom. The van der Waals surface area contributed by atoms with Gasteiger partial charge < -0.3 is 10.8 Å². The number of nitrogens with two attached hydrogens (primary N) is 1. The first-order valence-corrected chi connectivity index (χ1v) is 6.90. The molecule has 2 rings (SSSR count). The maximum absolute atomic E-state index is 12.3. The van der Waals surface area contributed by atoms with E-state index in [1.165, 1.54) is 4.31 Å². The molecule has 1 aliphatic heterocycles. The molecule has 1 aromatic rings. The third-order valence-electron chi connectivity index (χ3n) is 3.07. The SMILES string of the molecule is Cc1c(N)cccc1S(=O)(=O)N1CCC(O)C1. The molecule has 0 aliphatic carbocycles. The topological polar surface area (TPSA) is 83.6 Å². The minimum Gasteiger partial charge on any atom is -0.398 e. The molecule has 3 N–H and O–H groups in total. The number of anilines is 1. The van der Waals surface area contributed by atoms with Crippen LogP contribution in [0.15, 0.2) is 23.1 Å². The van der Waals surface area contributed by atoms with Crippen molar-refractivity contribution in [3.8, 4) is 0 Å². The van der Waals surface area contributed by atoms with E-state index in [1.807, 2.05) is 0 Å².